The summed E-state index contributed by atoms with van der Waals surface area (Å²) in [5.41, 5.74) is 0. The molecular weight excluding hydrogens is 680 g/mol. The largest absolute Gasteiger partial charge is 0 e. The van der Waals surface area contributed by atoms with Crippen LogP contribution in [0.15, 0.2) is 0 Å². The van der Waals surface area contributed by atoms with E-state index in [1.807, 2.05) is 0 Å². The van der Waals surface area contributed by atoms with E-state index in [2.05, 4.69) is 0 Å². The summed E-state index contributed by atoms with van der Waals surface area (Å²) < 4.78 is 0. The Morgan fingerprint density at radius 1 is 0.154 bits per heavy atom. The summed E-state index contributed by atoms with van der Waals surface area (Å²) in [4.78, 5) is 0. The molecule has 0 aromatic rings. The first-order chi connectivity index (χ1) is 0. The van der Waals surface area contributed by atoms with Gasteiger partial charge in [0.15, 0.2) is 0 Å². The third-order valence-corrected chi connectivity index (χ3v) is 0. The fourth-order valence-corrected chi connectivity index (χ4v) is 0. The summed E-state index contributed by atoms with van der Waals surface area (Å²) in [6.07, 6.45) is 0. The minimum absolute atomic E-state index is 0. The third-order valence-electron chi connectivity index (χ3n) is 0. The predicted octanol–water partition coefficient (Wildman–Crippen LogP) is -1.55. The smallest absolute Gasteiger partial charge is 0 e. The summed E-state index contributed by atoms with van der Waals surface area (Å²) in [5, 5.41) is 0. The van der Waals surface area contributed by atoms with Gasteiger partial charge in [0, 0.05) is 223 Å². The number of hydrogen-bond donors (Lipinski definition) is 0. The Morgan fingerprint density at radius 3 is 0.154 bits per heavy atom. The number of hydrogen-bond acceptors (Lipinski definition) is 0. The summed E-state index contributed by atoms with van der Waals surface area (Å²) in [6, 6.07) is 0. The third kappa shape index (κ3) is 115. The van der Waals surface area contributed by atoms with Gasteiger partial charge in [-0.1, -0.05) is 0 Å². The van der Waals surface area contributed by atoms with Crippen LogP contribution in [0.25, 0.3) is 0 Å². The molecule has 0 fully saturated rings. The molecule has 0 spiro atoms. The van der Waals surface area contributed by atoms with Crippen LogP contribution in [0, 0.1) is 0 Å². The minimum Gasteiger partial charge on any atom is 0 e. The van der Waals surface area contributed by atoms with E-state index in [-0.39, 0.29) is 223 Å². The molecule has 0 bridgehead atoms. The van der Waals surface area contributed by atoms with Gasteiger partial charge in [-0.15, -0.1) is 0 Å². The van der Waals surface area contributed by atoms with Gasteiger partial charge in [0.25, 0.3) is 0 Å². The van der Waals surface area contributed by atoms with E-state index in [1.54, 1.807) is 0 Å². The van der Waals surface area contributed by atoms with Gasteiger partial charge < -0.3 is 0 Å². The van der Waals surface area contributed by atoms with Crippen molar-refractivity contribution in [3.05, 3.63) is 0 Å². The van der Waals surface area contributed by atoms with Crippen LogP contribution < -0.4 is 0 Å². The van der Waals surface area contributed by atoms with Crippen LogP contribution in [0.2, 0.25) is 0 Å². The van der Waals surface area contributed by atoms with E-state index in [1.165, 1.54) is 0 Å². The first-order valence-electron chi connectivity index (χ1n) is 0. The Morgan fingerprint density at radius 2 is 0.154 bits per heavy atom. The van der Waals surface area contributed by atoms with Gasteiger partial charge in [0.2, 0.25) is 0 Å². The Balaban J connectivity index is 0. The molecule has 0 saturated heterocycles. The molecule has 0 nitrogen and oxygen atoms in total. The maximum Gasteiger partial charge on any atom is 0 e. The van der Waals surface area contributed by atoms with Crippen LogP contribution >= 0.6 is 0 Å². The van der Waals surface area contributed by atoms with Crippen LogP contribution in [0.5, 0.6) is 0 Å². The molecule has 0 aliphatic carbocycles. The fraction of sp³-hybridized carbons (Fsp3) is 0. The van der Waals surface area contributed by atoms with E-state index in [0.717, 1.165) is 0 Å². The summed E-state index contributed by atoms with van der Waals surface area (Å²) >= 11 is 0. The molecular formula is Al4Cu9. The average Bonchev–Trinajstić information content (AvgIpc) is 0. The van der Waals surface area contributed by atoms with Gasteiger partial charge in [0.1, 0.15) is 0 Å². The van der Waals surface area contributed by atoms with Crippen LogP contribution in [-0.2, 0) is 154 Å². The first-order valence-corrected chi connectivity index (χ1v) is 0. The summed E-state index contributed by atoms with van der Waals surface area (Å²) in [6.45, 7) is 0. The molecule has 0 rings (SSSR count). The van der Waals surface area contributed by atoms with E-state index >= 15 is 0 Å². The normalized spacial score (nSPS) is 0. The molecule has 0 amide bonds. The first kappa shape index (κ1) is 151. The van der Waals surface area contributed by atoms with E-state index in [0.29, 0.717) is 0 Å². The van der Waals surface area contributed by atoms with Crippen LogP contribution in [0.4, 0.5) is 0 Å². The van der Waals surface area contributed by atoms with Crippen molar-refractivity contribution in [2.75, 3.05) is 0 Å². The maximum atomic E-state index is 0. The van der Waals surface area contributed by atoms with Gasteiger partial charge in [-0.2, -0.15) is 0 Å². The molecule has 0 aromatic heterocycles. The predicted molar refractivity (Wildman–Crippen MR) is 23.0 cm³/mol. The summed E-state index contributed by atoms with van der Waals surface area (Å²) in [5.74, 6) is 0. The molecule has 0 heterocycles. The summed E-state index contributed by atoms with van der Waals surface area (Å²) in [7, 11) is 0. The van der Waals surface area contributed by atoms with Crippen molar-refractivity contribution in [1.29, 1.82) is 0 Å². The molecule has 21 radical (unpaired) electrons. The van der Waals surface area contributed by atoms with E-state index in [4.69, 9.17) is 0 Å². The zero-order valence-corrected chi connectivity index (χ0v) is 18.1. The zero-order valence-electron chi connectivity index (χ0n) is 5.02. The Bertz CT molecular complexity index is 11.6. The van der Waals surface area contributed by atoms with Crippen molar-refractivity contribution < 1.29 is 154 Å². The van der Waals surface area contributed by atoms with Crippen LogP contribution in [0.1, 0.15) is 0 Å². The molecule has 0 aromatic carbocycles. The van der Waals surface area contributed by atoms with Crippen molar-refractivity contribution in [3.63, 3.8) is 0 Å². The van der Waals surface area contributed by atoms with Crippen LogP contribution in [0.3, 0.4) is 0 Å². The molecule has 111 valence electrons. The molecule has 0 atom stereocenters. The number of rotatable bonds is 0. The van der Waals surface area contributed by atoms with E-state index in [9.17, 15) is 0 Å². The van der Waals surface area contributed by atoms with Gasteiger partial charge in [-0.05, 0) is 0 Å². The monoisotopic (exact) mass is 674 g/mol. The quantitative estimate of drug-likeness (QED) is 0.273. The SMILES string of the molecule is [Al].[Al].[Al].[Al].[Cu].[Cu].[Cu].[Cu].[Cu].[Cu].[Cu].[Cu].[Cu]. The second-order valence-corrected chi connectivity index (χ2v) is 0. The van der Waals surface area contributed by atoms with Gasteiger partial charge in [0.05, 0.1) is 0 Å². The molecule has 0 aliphatic heterocycles. The molecule has 0 aliphatic rings. The van der Waals surface area contributed by atoms with E-state index < -0.39 is 0 Å². The molecule has 0 unspecified atom stereocenters. The van der Waals surface area contributed by atoms with Gasteiger partial charge in [-0.25, -0.2) is 0 Å². The van der Waals surface area contributed by atoms with Crippen molar-refractivity contribution in [2.45, 2.75) is 0 Å². The Hall–Kier alpha value is 6.81. The maximum absolute atomic E-state index is 0. The Kier molecular flexibility index (Phi) is 1500. The molecule has 13 heteroatoms. The molecule has 0 N–H and O–H groups in total. The van der Waals surface area contributed by atoms with Crippen LogP contribution in [-0.4, -0.2) is 69.4 Å². The van der Waals surface area contributed by atoms with Crippen molar-refractivity contribution >= 4 is 69.4 Å². The standard InChI is InChI=1S/4Al.9Cu. The Labute approximate surface area is 218 Å². The molecule has 0 saturated carbocycles. The van der Waals surface area contributed by atoms with Gasteiger partial charge in [-0.3, -0.25) is 0 Å². The average molecular weight is 680 g/mol. The van der Waals surface area contributed by atoms with Crippen molar-refractivity contribution in [3.8, 4) is 0 Å². The second kappa shape index (κ2) is 129. The van der Waals surface area contributed by atoms with Crippen molar-refractivity contribution in [1.82, 2.24) is 0 Å². The molecule has 13 heavy (non-hydrogen) atoms. The fourth-order valence-electron chi connectivity index (χ4n) is 0. The second-order valence-electron chi connectivity index (χ2n) is 0. The van der Waals surface area contributed by atoms with Crippen molar-refractivity contribution in [2.24, 2.45) is 0 Å². The van der Waals surface area contributed by atoms with Gasteiger partial charge >= 0.3 is 0 Å². The topological polar surface area (TPSA) is 0 Å². The minimum atomic E-state index is 0. The zero-order chi connectivity index (χ0) is 0.